The topological polar surface area (TPSA) is 58.6 Å². The molecule has 0 radical (unpaired) electrons. The Hall–Kier alpha value is -1.55. The van der Waals surface area contributed by atoms with Gasteiger partial charge in [-0.05, 0) is 13.0 Å². The van der Waals surface area contributed by atoms with Crippen LogP contribution < -0.4 is 10.1 Å². The van der Waals surface area contributed by atoms with E-state index in [1.165, 1.54) is 0 Å². The van der Waals surface area contributed by atoms with Gasteiger partial charge in [0.25, 0.3) is 0 Å². The lowest BCUT2D eigenvalue weighted by Gasteiger charge is -2.10. The minimum Gasteiger partial charge on any atom is -0.496 e. The number of aliphatic hydroxyl groups is 1. The number of methoxy groups -OCH3 is 1. The van der Waals surface area contributed by atoms with Gasteiger partial charge in [-0.3, -0.25) is 4.79 Å². The first-order valence-electron chi connectivity index (χ1n) is 5.20. The largest absolute Gasteiger partial charge is 0.496 e. The van der Waals surface area contributed by atoms with Crippen LogP contribution >= 0.6 is 0 Å². The van der Waals surface area contributed by atoms with Crippen LogP contribution in [0.25, 0.3) is 0 Å². The summed E-state index contributed by atoms with van der Waals surface area (Å²) in [5.41, 5.74) is 0.920. The van der Waals surface area contributed by atoms with Gasteiger partial charge >= 0.3 is 0 Å². The van der Waals surface area contributed by atoms with Crippen LogP contribution in [0, 0.1) is 0 Å². The summed E-state index contributed by atoms with van der Waals surface area (Å²) in [6.45, 7) is 2.00. The lowest BCUT2D eigenvalue weighted by atomic mass is 10.2. The summed E-state index contributed by atoms with van der Waals surface area (Å²) in [5.74, 6) is 0.584. The molecule has 4 nitrogen and oxygen atoms in total. The van der Waals surface area contributed by atoms with Crippen LogP contribution in [0.3, 0.4) is 0 Å². The van der Waals surface area contributed by atoms with Gasteiger partial charge in [-0.1, -0.05) is 18.2 Å². The number of hydrogen-bond acceptors (Lipinski definition) is 3. The van der Waals surface area contributed by atoms with E-state index in [1.807, 2.05) is 24.3 Å². The highest BCUT2D eigenvalue weighted by molar-refractivity contribution is 5.76. The van der Waals surface area contributed by atoms with Crippen LogP contribution in [0.5, 0.6) is 5.75 Å². The number of carbonyl (C=O) groups excluding carboxylic acids is 1. The number of benzene rings is 1. The monoisotopic (exact) mass is 223 g/mol. The lowest BCUT2D eigenvalue weighted by molar-refractivity contribution is -0.122. The number of hydrogen-bond donors (Lipinski definition) is 2. The summed E-state index contributed by atoms with van der Waals surface area (Å²) in [6, 6.07) is 7.50. The van der Waals surface area contributed by atoms with Gasteiger partial charge in [0.05, 0.1) is 19.6 Å². The van der Waals surface area contributed by atoms with Crippen molar-refractivity contribution in [2.24, 2.45) is 0 Å². The number of rotatable bonds is 5. The molecule has 1 rings (SSSR count). The summed E-state index contributed by atoms with van der Waals surface area (Å²) in [5, 5.41) is 11.8. The van der Waals surface area contributed by atoms with E-state index >= 15 is 0 Å². The molecular formula is C12H17NO3. The second-order valence-corrected chi connectivity index (χ2v) is 3.64. The van der Waals surface area contributed by atoms with E-state index in [1.54, 1.807) is 14.0 Å². The van der Waals surface area contributed by atoms with Gasteiger partial charge < -0.3 is 15.2 Å². The Morgan fingerprint density at radius 2 is 2.19 bits per heavy atom. The van der Waals surface area contributed by atoms with Crippen molar-refractivity contribution >= 4 is 5.91 Å². The van der Waals surface area contributed by atoms with Crippen molar-refractivity contribution < 1.29 is 14.6 Å². The van der Waals surface area contributed by atoms with E-state index in [9.17, 15) is 4.79 Å². The Kier molecular flexibility index (Phi) is 4.79. The molecule has 4 heteroatoms. The third-order valence-electron chi connectivity index (χ3n) is 2.15. The molecule has 16 heavy (non-hydrogen) atoms. The van der Waals surface area contributed by atoms with Crippen molar-refractivity contribution in [1.82, 2.24) is 5.32 Å². The van der Waals surface area contributed by atoms with Gasteiger partial charge in [-0.15, -0.1) is 0 Å². The molecule has 0 aliphatic heterocycles. The predicted molar refractivity (Wildman–Crippen MR) is 61.1 cm³/mol. The Morgan fingerprint density at radius 3 is 2.81 bits per heavy atom. The van der Waals surface area contributed by atoms with Gasteiger partial charge in [0.15, 0.2) is 0 Å². The first kappa shape index (κ1) is 12.5. The van der Waals surface area contributed by atoms with Crippen LogP contribution in [0.1, 0.15) is 18.9 Å². The smallest absolute Gasteiger partial charge is 0.222 e. The summed E-state index contributed by atoms with van der Waals surface area (Å²) >= 11 is 0. The molecule has 2 N–H and O–H groups in total. The van der Waals surface area contributed by atoms with Gasteiger partial charge in [-0.2, -0.15) is 0 Å². The van der Waals surface area contributed by atoms with E-state index in [-0.39, 0.29) is 12.3 Å². The third kappa shape index (κ3) is 3.90. The minimum atomic E-state index is -0.613. The van der Waals surface area contributed by atoms with Crippen LogP contribution in [0.2, 0.25) is 0 Å². The highest BCUT2D eigenvalue weighted by Gasteiger charge is 2.07. The molecule has 0 aliphatic carbocycles. The fourth-order valence-corrected chi connectivity index (χ4v) is 1.38. The molecule has 0 aromatic heterocycles. The maximum absolute atomic E-state index is 11.3. The Balaban J connectivity index is 2.51. The summed E-state index contributed by atoms with van der Waals surface area (Å²) < 4.78 is 5.16. The average molecular weight is 223 g/mol. The molecule has 1 aromatic carbocycles. The van der Waals surface area contributed by atoms with Crippen molar-refractivity contribution in [3.8, 4) is 5.75 Å². The van der Waals surface area contributed by atoms with Crippen molar-refractivity contribution in [1.29, 1.82) is 0 Å². The van der Waals surface area contributed by atoms with E-state index in [0.29, 0.717) is 6.54 Å². The number of nitrogens with one attached hydrogen (secondary N) is 1. The zero-order valence-electron chi connectivity index (χ0n) is 9.56. The molecule has 0 spiro atoms. The molecule has 1 amide bonds. The second kappa shape index (κ2) is 6.12. The Labute approximate surface area is 95.2 Å². The van der Waals surface area contributed by atoms with E-state index in [2.05, 4.69) is 5.32 Å². The zero-order chi connectivity index (χ0) is 12.0. The summed E-state index contributed by atoms with van der Waals surface area (Å²) in [6.07, 6.45) is -0.493. The van der Waals surface area contributed by atoms with E-state index < -0.39 is 6.10 Å². The molecule has 0 fully saturated rings. The number of amides is 1. The highest BCUT2D eigenvalue weighted by atomic mass is 16.5. The quantitative estimate of drug-likeness (QED) is 0.785. The van der Waals surface area contributed by atoms with Crippen molar-refractivity contribution in [2.75, 3.05) is 7.11 Å². The lowest BCUT2D eigenvalue weighted by Crippen LogP contribution is -2.26. The van der Waals surface area contributed by atoms with Gasteiger partial charge in [-0.25, -0.2) is 0 Å². The van der Waals surface area contributed by atoms with Gasteiger partial charge in [0.2, 0.25) is 5.91 Å². The molecule has 1 atom stereocenters. The van der Waals surface area contributed by atoms with Crippen molar-refractivity contribution in [3.63, 3.8) is 0 Å². The fourth-order valence-electron chi connectivity index (χ4n) is 1.38. The molecule has 0 heterocycles. The predicted octanol–water partition coefficient (Wildman–Crippen LogP) is 1.08. The molecular weight excluding hydrogens is 206 g/mol. The SMILES string of the molecule is COc1ccccc1CNC(=O)CC(C)O. The maximum atomic E-state index is 11.3. The van der Waals surface area contributed by atoms with Crippen LogP contribution in [-0.2, 0) is 11.3 Å². The molecule has 0 bridgehead atoms. The van der Waals surface area contributed by atoms with E-state index in [4.69, 9.17) is 9.84 Å². The van der Waals surface area contributed by atoms with Gasteiger partial charge in [0.1, 0.15) is 5.75 Å². The third-order valence-corrected chi connectivity index (χ3v) is 2.15. The Morgan fingerprint density at radius 1 is 1.50 bits per heavy atom. The minimum absolute atomic E-state index is 0.120. The van der Waals surface area contributed by atoms with Crippen LogP contribution in [0.15, 0.2) is 24.3 Å². The standard InChI is InChI=1S/C12H17NO3/c1-9(14)7-12(15)13-8-10-5-3-4-6-11(10)16-2/h3-6,9,14H,7-8H2,1-2H3,(H,13,15). The fraction of sp³-hybridized carbons (Fsp3) is 0.417. The zero-order valence-corrected chi connectivity index (χ0v) is 9.56. The first-order valence-corrected chi connectivity index (χ1v) is 5.20. The van der Waals surface area contributed by atoms with Crippen molar-refractivity contribution in [3.05, 3.63) is 29.8 Å². The highest BCUT2D eigenvalue weighted by Crippen LogP contribution is 2.16. The average Bonchev–Trinajstić information content (AvgIpc) is 2.26. The van der Waals surface area contributed by atoms with E-state index in [0.717, 1.165) is 11.3 Å². The number of carbonyl (C=O) groups is 1. The normalized spacial score (nSPS) is 11.9. The van der Waals surface area contributed by atoms with Crippen molar-refractivity contribution in [2.45, 2.75) is 26.0 Å². The second-order valence-electron chi connectivity index (χ2n) is 3.64. The number of ether oxygens (including phenoxy) is 1. The number of aliphatic hydroxyl groups excluding tert-OH is 1. The molecule has 88 valence electrons. The summed E-state index contributed by atoms with van der Waals surface area (Å²) in [7, 11) is 1.59. The Bertz CT molecular complexity index is 350. The maximum Gasteiger partial charge on any atom is 0.222 e. The molecule has 0 aliphatic rings. The molecule has 1 aromatic rings. The van der Waals surface area contributed by atoms with Crippen LogP contribution in [-0.4, -0.2) is 24.2 Å². The molecule has 1 unspecified atom stereocenters. The number of para-hydroxylation sites is 1. The van der Waals surface area contributed by atoms with Crippen LogP contribution in [0.4, 0.5) is 0 Å². The summed E-state index contributed by atoms with van der Waals surface area (Å²) in [4.78, 5) is 11.3. The first-order chi connectivity index (χ1) is 7.63. The molecule has 0 saturated heterocycles. The molecule has 0 saturated carbocycles. The van der Waals surface area contributed by atoms with Gasteiger partial charge in [0, 0.05) is 12.1 Å².